The zero-order valence-electron chi connectivity index (χ0n) is 11.0. The van der Waals surface area contributed by atoms with E-state index >= 15 is 0 Å². The number of rotatable bonds is 4. The Morgan fingerprint density at radius 2 is 2.00 bits per heavy atom. The first kappa shape index (κ1) is 12.9. The normalized spacial score (nSPS) is 31.6. The fraction of sp³-hybridized carbons (Fsp3) is 0.929. The maximum Gasteiger partial charge on any atom is 0.223 e. The van der Waals surface area contributed by atoms with Gasteiger partial charge in [-0.2, -0.15) is 0 Å². The number of carbonyl (C=O) groups excluding carboxylic acids is 1. The highest BCUT2D eigenvalue weighted by Gasteiger charge is 2.35. The van der Waals surface area contributed by atoms with E-state index in [9.17, 15) is 4.79 Å². The van der Waals surface area contributed by atoms with Crippen LogP contribution < -0.4 is 11.1 Å². The Kier molecular flexibility index (Phi) is 4.08. The van der Waals surface area contributed by atoms with Crippen molar-refractivity contribution in [3.63, 3.8) is 0 Å². The Morgan fingerprint density at radius 3 is 2.53 bits per heavy atom. The van der Waals surface area contributed by atoms with Crippen molar-refractivity contribution in [2.24, 2.45) is 23.0 Å². The molecule has 2 aliphatic carbocycles. The minimum Gasteiger partial charge on any atom is -0.355 e. The van der Waals surface area contributed by atoms with E-state index in [0.717, 1.165) is 13.0 Å². The quantitative estimate of drug-likeness (QED) is 0.787. The van der Waals surface area contributed by atoms with Gasteiger partial charge in [-0.1, -0.05) is 26.2 Å². The van der Waals surface area contributed by atoms with Gasteiger partial charge in [-0.3, -0.25) is 4.79 Å². The van der Waals surface area contributed by atoms with Crippen molar-refractivity contribution in [1.29, 1.82) is 0 Å². The molecule has 2 atom stereocenters. The SMILES string of the molecule is CC1CCCC1C(=O)NCC1(CN)CCCC1. The molecule has 2 unspecified atom stereocenters. The van der Waals surface area contributed by atoms with Crippen molar-refractivity contribution in [3.8, 4) is 0 Å². The standard InChI is InChI=1S/C14H26N2O/c1-11-5-4-6-12(11)13(17)16-10-14(9-15)7-2-3-8-14/h11-12H,2-10,15H2,1H3,(H,16,17). The second-order valence-electron chi connectivity index (χ2n) is 6.14. The first-order valence-corrected chi connectivity index (χ1v) is 7.15. The van der Waals surface area contributed by atoms with E-state index in [1.54, 1.807) is 0 Å². The molecule has 2 saturated carbocycles. The fourth-order valence-electron chi connectivity index (χ4n) is 3.52. The van der Waals surface area contributed by atoms with Crippen LogP contribution >= 0.6 is 0 Å². The summed E-state index contributed by atoms with van der Waals surface area (Å²) >= 11 is 0. The van der Waals surface area contributed by atoms with Crippen molar-refractivity contribution >= 4 is 5.91 Å². The number of carbonyl (C=O) groups is 1. The van der Waals surface area contributed by atoms with Crippen molar-refractivity contribution in [3.05, 3.63) is 0 Å². The highest BCUT2D eigenvalue weighted by molar-refractivity contribution is 5.79. The third kappa shape index (κ3) is 2.82. The van der Waals surface area contributed by atoms with E-state index in [1.807, 2.05) is 0 Å². The molecule has 2 aliphatic rings. The summed E-state index contributed by atoms with van der Waals surface area (Å²) in [6.45, 7) is 3.71. The third-order valence-corrected chi connectivity index (χ3v) is 4.93. The second-order valence-corrected chi connectivity index (χ2v) is 6.14. The summed E-state index contributed by atoms with van der Waals surface area (Å²) in [4.78, 5) is 12.1. The minimum atomic E-state index is 0.206. The Balaban J connectivity index is 1.82. The largest absolute Gasteiger partial charge is 0.355 e. The molecule has 2 rings (SSSR count). The van der Waals surface area contributed by atoms with Gasteiger partial charge in [-0.15, -0.1) is 0 Å². The summed E-state index contributed by atoms with van der Waals surface area (Å²) in [5.74, 6) is 1.09. The van der Waals surface area contributed by atoms with Gasteiger partial charge in [0.05, 0.1) is 0 Å². The van der Waals surface area contributed by atoms with E-state index in [1.165, 1.54) is 38.5 Å². The summed E-state index contributed by atoms with van der Waals surface area (Å²) in [7, 11) is 0. The van der Waals surface area contributed by atoms with Gasteiger partial charge in [-0.05, 0) is 43.6 Å². The van der Waals surface area contributed by atoms with Crippen molar-refractivity contribution in [1.82, 2.24) is 5.32 Å². The number of amides is 1. The molecule has 3 nitrogen and oxygen atoms in total. The maximum absolute atomic E-state index is 12.1. The van der Waals surface area contributed by atoms with Gasteiger partial charge in [-0.25, -0.2) is 0 Å². The molecule has 0 saturated heterocycles. The molecule has 0 heterocycles. The highest BCUT2D eigenvalue weighted by Crippen LogP contribution is 2.37. The van der Waals surface area contributed by atoms with Crippen LogP contribution in [0, 0.1) is 17.3 Å². The molecule has 0 aromatic heterocycles. The summed E-state index contributed by atoms with van der Waals surface area (Å²) in [5.41, 5.74) is 6.09. The minimum absolute atomic E-state index is 0.206. The first-order valence-electron chi connectivity index (χ1n) is 7.15. The number of nitrogens with one attached hydrogen (secondary N) is 1. The van der Waals surface area contributed by atoms with Gasteiger partial charge >= 0.3 is 0 Å². The zero-order valence-corrected chi connectivity index (χ0v) is 11.0. The van der Waals surface area contributed by atoms with E-state index in [4.69, 9.17) is 5.73 Å². The summed E-state index contributed by atoms with van der Waals surface area (Å²) in [6.07, 6.45) is 8.40. The molecule has 0 aliphatic heterocycles. The average Bonchev–Trinajstić information content (AvgIpc) is 2.95. The summed E-state index contributed by atoms with van der Waals surface area (Å²) in [5, 5.41) is 3.17. The van der Waals surface area contributed by atoms with E-state index in [0.29, 0.717) is 12.5 Å². The molecule has 3 heteroatoms. The summed E-state index contributed by atoms with van der Waals surface area (Å²) < 4.78 is 0. The molecule has 1 amide bonds. The lowest BCUT2D eigenvalue weighted by molar-refractivity contribution is -0.126. The van der Waals surface area contributed by atoms with Gasteiger partial charge in [0.1, 0.15) is 0 Å². The van der Waals surface area contributed by atoms with Gasteiger partial charge < -0.3 is 11.1 Å². The summed E-state index contributed by atoms with van der Waals surface area (Å²) in [6, 6.07) is 0. The average molecular weight is 238 g/mol. The lowest BCUT2D eigenvalue weighted by Gasteiger charge is -2.28. The monoisotopic (exact) mass is 238 g/mol. The molecule has 0 radical (unpaired) electrons. The molecule has 3 N–H and O–H groups in total. The predicted octanol–water partition coefficient (Wildman–Crippen LogP) is 2.06. The molecule has 0 bridgehead atoms. The second kappa shape index (κ2) is 5.38. The maximum atomic E-state index is 12.1. The molecule has 17 heavy (non-hydrogen) atoms. The van der Waals surface area contributed by atoms with Crippen LogP contribution in [-0.2, 0) is 4.79 Å². The van der Waals surface area contributed by atoms with E-state index in [-0.39, 0.29) is 17.2 Å². The van der Waals surface area contributed by atoms with Crippen LogP contribution in [0.2, 0.25) is 0 Å². The van der Waals surface area contributed by atoms with Crippen LogP contribution in [0.15, 0.2) is 0 Å². The Bertz CT molecular complexity index is 271. The molecular weight excluding hydrogens is 212 g/mol. The molecule has 0 aromatic carbocycles. The van der Waals surface area contributed by atoms with Crippen LogP contribution in [-0.4, -0.2) is 19.0 Å². The van der Waals surface area contributed by atoms with Crippen LogP contribution in [0.4, 0.5) is 0 Å². The van der Waals surface area contributed by atoms with Crippen LogP contribution in [0.1, 0.15) is 51.9 Å². The van der Waals surface area contributed by atoms with Gasteiger partial charge in [0.2, 0.25) is 5.91 Å². The number of hydrogen-bond acceptors (Lipinski definition) is 2. The lowest BCUT2D eigenvalue weighted by atomic mass is 9.86. The van der Waals surface area contributed by atoms with Gasteiger partial charge in [0.15, 0.2) is 0 Å². The predicted molar refractivity (Wildman–Crippen MR) is 69.5 cm³/mol. The lowest BCUT2D eigenvalue weighted by Crippen LogP contribution is -2.43. The Hall–Kier alpha value is -0.570. The first-order chi connectivity index (χ1) is 8.17. The highest BCUT2D eigenvalue weighted by atomic mass is 16.1. The van der Waals surface area contributed by atoms with Crippen LogP contribution in [0.5, 0.6) is 0 Å². The molecular formula is C14H26N2O. The Labute approximate surface area is 105 Å². The molecule has 98 valence electrons. The Morgan fingerprint density at radius 1 is 1.29 bits per heavy atom. The topological polar surface area (TPSA) is 55.1 Å². The number of hydrogen-bond donors (Lipinski definition) is 2. The number of nitrogens with two attached hydrogens (primary N) is 1. The van der Waals surface area contributed by atoms with Crippen molar-refractivity contribution < 1.29 is 4.79 Å². The molecule has 0 spiro atoms. The fourth-order valence-corrected chi connectivity index (χ4v) is 3.52. The molecule has 0 aromatic rings. The third-order valence-electron chi connectivity index (χ3n) is 4.93. The zero-order chi connectivity index (χ0) is 12.3. The van der Waals surface area contributed by atoms with Crippen LogP contribution in [0.3, 0.4) is 0 Å². The van der Waals surface area contributed by atoms with E-state index < -0.39 is 0 Å². The van der Waals surface area contributed by atoms with Crippen LogP contribution in [0.25, 0.3) is 0 Å². The smallest absolute Gasteiger partial charge is 0.223 e. The van der Waals surface area contributed by atoms with Crippen molar-refractivity contribution in [2.45, 2.75) is 51.9 Å². The molecule has 2 fully saturated rings. The van der Waals surface area contributed by atoms with Gasteiger partial charge in [0.25, 0.3) is 0 Å². The van der Waals surface area contributed by atoms with E-state index in [2.05, 4.69) is 12.2 Å². The van der Waals surface area contributed by atoms with Gasteiger partial charge in [0, 0.05) is 12.5 Å². The van der Waals surface area contributed by atoms with Crippen molar-refractivity contribution in [2.75, 3.05) is 13.1 Å².